The molecule has 2 aliphatic rings. The number of Topliss-reactive ketones (excluding diaryl/α,β-unsaturated/α-hetero) is 1. The lowest BCUT2D eigenvalue weighted by Crippen LogP contribution is -2.50. The lowest BCUT2D eigenvalue weighted by atomic mass is 10.0. The molecule has 1 saturated heterocycles. The molecule has 1 heterocycles. The molecule has 3 atom stereocenters. The van der Waals surface area contributed by atoms with Gasteiger partial charge in [0.2, 0.25) is 5.91 Å². The van der Waals surface area contributed by atoms with Crippen molar-refractivity contribution in [2.75, 3.05) is 19.3 Å². The number of carbonyl (C=O) groups excluding carboxylic acids is 3. The smallest absolute Gasteiger partial charge is 0.251 e. The van der Waals surface area contributed by atoms with Gasteiger partial charge in [-0.2, -0.15) is 0 Å². The van der Waals surface area contributed by atoms with Crippen LogP contribution in [0.1, 0.15) is 73.2 Å². The number of nitrogens with one attached hydrogen (secondary N) is 1. The molecule has 2 amide bonds. The minimum absolute atomic E-state index is 0.105. The number of piperidine rings is 1. The Bertz CT molecular complexity index is 1580. The van der Waals surface area contributed by atoms with Crippen molar-refractivity contribution in [3.8, 4) is 11.1 Å². The van der Waals surface area contributed by atoms with Gasteiger partial charge in [0.15, 0.2) is 9.84 Å². The Kier molecular flexibility index (Phi) is 9.93. The van der Waals surface area contributed by atoms with Crippen molar-refractivity contribution in [1.29, 1.82) is 0 Å². The molecule has 0 aromatic heterocycles. The fraction of sp³-hybridized carbons (Fsp3) is 0.400. The summed E-state index contributed by atoms with van der Waals surface area (Å²) in [4.78, 5) is 41.5. The summed E-state index contributed by atoms with van der Waals surface area (Å²) in [6, 6.07) is 19.3. The molecular formula is C35H39FN2O5S. The van der Waals surface area contributed by atoms with Gasteiger partial charge in [-0.3, -0.25) is 14.4 Å². The Morgan fingerprint density at radius 3 is 2.11 bits per heavy atom. The zero-order valence-electron chi connectivity index (χ0n) is 25.0. The lowest BCUT2D eigenvalue weighted by molar-refractivity contribution is -0.134. The van der Waals surface area contributed by atoms with Gasteiger partial charge >= 0.3 is 0 Å². The van der Waals surface area contributed by atoms with Crippen molar-refractivity contribution in [3.63, 3.8) is 0 Å². The van der Waals surface area contributed by atoms with E-state index in [0.29, 0.717) is 50.3 Å². The molecule has 0 unspecified atom stereocenters. The molecule has 3 aromatic carbocycles. The number of sulfone groups is 1. The number of ketones is 1. The fourth-order valence-corrected chi connectivity index (χ4v) is 6.66. The lowest BCUT2D eigenvalue weighted by Gasteiger charge is -2.31. The second kappa shape index (κ2) is 13.8. The quantitative estimate of drug-likeness (QED) is 0.271. The first-order valence-electron chi connectivity index (χ1n) is 15.4. The Labute approximate surface area is 258 Å². The molecule has 5 rings (SSSR count). The first kappa shape index (κ1) is 31.6. The van der Waals surface area contributed by atoms with E-state index in [2.05, 4.69) is 5.32 Å². The monoisotopic (exact) mass is 618 g/mol. The van der Waals surface area contributed by atoms with Gasteiger partial charge in [-0.15, -0.1) is 0 Å². The van der Waals surface area contributed by atoms with Crippen LogP contribution in [0.2, 0.25) is 0 Å². The number of likely N-dealkylation sites (tertiary alicyclic amines) is 1. The molecule has 2 fully saturated rings. The number of halogens is 1. The van der Waals surface area contributed by atoms with E-state index in [4.69, 9.17) is 0 Å². The van der Waals surface area contributed by atoms with Crippen LogP contribution in [0.25, 0.3) is 11.1 Å². The van der Waals surface area contributed by atoms with Crippen molar-refractivity contribution in [1.82, 2.24) is 10.2 Å². The van der Waals surface area contributed by atoms with E-state index in [-0.39, 0.29) is 34.2 Å². The summed E-state index contributed by atoms with van der Waals surface area (Å²) in [5, 5.41) is 2.93. The van der Waals surface area contributed by atoms with Gasteiger partial charge in [0.1, 0.15) is 17.6 Å². The molecule has 9 heteroatoms. The molecule has 0 radical (unpaired) electrons. The van der Waals surface area contributed by atoms with Gasteiger partial charge < -0.3 is 10.2 Å². The molecule has 0 spiro atoms. The first-order chi connectivity index (χ1) is 21.1. The summed E-state index contributed by atoms with van der Waals surface area (Å²) in [7, 11) is -3.29. The van der Waals surface area contributed by atoms with Crippen molar-refractivity contribution in [2.45, 2.75) is 68.2 Å². The predicted octanol–water partition coefficient (Wildman–Crippen LogP) is 5.94. The van der Waals surface area contributed by atoms with E-state index in [0.717, 1.165) is 48.6 Å². The summed E-state index contributed by atoms with van der Waals surface area (Å²) >= 11 is 0. The first-order valence-corrected chi connectivity index (χ1v) is 17.2. The summed E-state index contributed by atoms with van der Waals surface area (Å²) in [6.45, 7) is 1.34. The van der Waals surface area contributed by atoms with Crippen LogP contribution in [0, 0.1) is 11.7 Å². The highest BCUT2D eigenvalue weighted by molar-refractivity contribution is 7.90. The number of benzene rings is 3. The molecule has 7 nitrogen and oxygen atoms in total. The maximum atomic E-state index is 13.4. The third-order valence-electron chi connectivity index (χ3n) is 8.69. The second-order valence-corrected chi connectivity index (χ2v) is 14.1. The van der Waals surface area contributed by atoms with Crippen LogP contribution in [-0.4, -0.2) is 56.3 Å². The van der Waals surface area contributed by atoms with Crippen LogP contribution < -0.4 is 5.32 Å². The third-order valence-corrected chi connectivity index (χ3v) is 9.82. The summed E-state index contributed by atoms with van der Waals surface area (Å²) in [6.07, 6.45) is 6.75. The van der Waals surface area contributed by atoms with Crippen molar-refractivity contribution in [2.24, 2.45) is 5.92 Å². The molecule has 0 bridgehead atoms. The zero-order valence-corrected chi connectivity index (χ0v) is 25.8. The normalized spacial score (nSPS) is 18.8. The number of hydrogen-bond donors (Lipinski definition) is 1. The van der Waals surface area contributed by atoms with Gasteiger partial charge in [-0.25, -0.2) is 12.8 Å². The van der Waals surface area contributed by atoms with E-state index in [9.17, 15) is 27.2 Å². The van der Waals surface area contributed by atoms with E-state index in [1.807, 2.05) is 4.90 Å². The van der Waals surface area contributed by atoms with Crippen molar-refractivity contribution in [3.05, 3.63) is 89.7 Å². The minimum atomic E-state index is -3.29. The molecule has 1 N–H and O–H groups in total. The number of amides is 2. The highest BCUT2D eigenvalue weighted by Crippen LogP contribution is 2.49. The number of hydrogen-bond acceptors (Lipinski definition) is 5. The van der Waals surface area contributed by atoms with E-state index in [1.54, 1.807) is 60.7 Å². The number of nitrogens with zero attached hydrogens (tertiary/aromatic N) is 1. The van der Waals surface area contributed by atoms with Gasteiger partial charge in [-0.1, -0.05) is 36.4 Å². The third kappa shape index (κ3) is 8.20. The van der Waals surface area contributed by atoms with Crippen LogP contribution >= 0.6 is 0 Å². The van der Waals surface area contributed by atoms with E-state index in [1.165, 1.54) is 12.1 Å². The molecule has 1 aliphatic carbocycles. The predicted molar refractivity (Wildman–Crippen MR) is 167 cm³/mol. The SMILES string of the molecule is CS(=O)(=O)c1ccc(-c2ccc(C(=O)N[C@@H](CCCC(=O)C[C@@H]3C[C@H]3c3ccc(F)cc3)C(=O)N3CCCCC3)cc2)cc1. The maximum Gasteiger partial charge on any atom is 0.251 e. The Balaban J connectivity index is 1.17. The average molecular weight is 619 g/mol. The molecule has 1 saturated carbocycles. The van der Waals surface area contributed by atoms with Gasteiger partial charge in [0, 0.05) is 37.8 Å². The van der Waals surface area contributed by atoms with Crippen LogP contribution in [0.4, 0.5) is 4.39 Å². The zero-order chi connectivity index (χ0) is 31.3. The maximum absolute atomic E-state index is 13.4. The Hall–Kier alpha value is -3.85. The Morgan fingerprint density at radius 2 is 1.50 bits per heavy atom. The van der Waals surface area contributed by atoms with Gasteiger partial charge in [0.05, 0.1) is 4.90 Å². The van der Waals surface area contributed by atoms with Crippen LogP contribution in [0.15, 0.2) is 77.7 Å². The molecule has 44 heavy (non-hydrogen) atoms. The van der Waals surface area contributed by atoms with Gasteiger partial charge in [-0.05, 0) is 103 Å². The second-order valence-electron chi connectivity index (χ2n) is 12.1. The fourth-order valence-electron chi connectivity index (χ4n) is 6.03. The topological polar surface area (TPSA) is 101 Å². The Morgan fingerprint density at radius 1 is 0.886 bits per heavy atom. The number of rotatable bonds is 12. The average Bonchev–Trinajstić information content (AvgIpc) is 3.79. The van der Waals surface area contributed by atoms with E-state index >= 15 is 0 Å². The molecule has 3 aromatic rings. The summed E-state index contributed by atoms with van der Waals surface area (Å²) in [5.41, 5.74) is 3.13. The van der Waals surface area contributed by atoms with Gasteiger partial charge in [0.25, 0.3) is 5.91 Å². The minimum Gasteiger partial charge on any atom is -0.341 e. The molecule has 232 valence electrons. The van der Waals surface area contributed by atoms with Crippen LogP contribution in [0.3, 0.4) is 0 Å². The summed E-state index contributed by atoms with van der Waals surface area (Å²) < 4.78 is 36.7. The van der Waals surface area contributed by atoms with E-state index < -0.39 is 15.9 Å². The molecular weight excluding hydrogens is 579 g/mol. The highest BCUT2D eigenvalue weighted by Gasteiger charge is 2.39. The van der Waals surface area contributed by atoms with Crippen molar-refractivity contribution < 1.29 is 27.2 Å². The molecule has 1 aliphatic heterocycles. The largest absolute Gasteiger partial charge is 0.341 e. The summed E-state index contributed by atoms with van der Waals surface area (Å²) in [5.74, 6) is -0.00383. The van der Waals surface area contributed by atoms with Crippen LogP contribution in [0.5, 0.6) is 0 Å². The van der Waals surface area contributed by atoms with Crippen molar-refractivity contribution >= 4 is 27.4 Å². The standard InChI is InChI=1S/C35H39FN2O5S/c1-44(42,43)31-18-14-25(15-19-31)24-8-10-27(11-9-24)34(40)37-33(35(41)38-20-3-2-4-21-38)7-5-6-30(39)22-28-23-32(28)26-12-16-29(36)17-13-26/h8-19,28,32-33H,2-7,20-23H2,1H3,(H,37,40)/t28-,32+,33+/m1/s1. The van der Waals surface area contributed by atoms with Crippen LogP contribution in [-0.2, 0) is 19.4 Å². The highest BCUT2D eigenvalue weighted by atomic mass is 32.2. The number of carbonyl (C=O) groups is 3.